The van der Waals surface area contributed by atoms with E-state index in [-0.39, 0.29) is 0 Å². The number of carbonyl (C=O) groups excluding carboxylic acids is 1. The number of ether oxygens (including phenoxy) is 2. The van der Waals surface area contributed by atoms with Crippen LogP contribution in [-0.4, -0.2) is 13.1 Å². The van der Waals surface area contributed by atoms with Gasteiger partial charge in [-0.1, -0.05) is 0 Å². The van der Waals surface area contributed by atoms with Crippen LogP contribution in [0.1, 0.15) is 5.56 Å². The summed E-state index contributed by atoms with van der Waals surface area (Å²) in [6.45, 7) is 0. The predicted molar refractivity (Wildman–Crippen MR) is 51.4 cm³/mol. The molecule has 0 bridgehead atoms. The second kappa shape index (κ2) is 3.62. The summed E-state index contributed by atoms with van der Waals surface area (Å²) in [6, 6.07) is 7.10. The molecule has 0 fully saturated rings. The number of methoxy groups -OCH3 is 1. The normalized spacial score (nSPS) is 18.7. The Morgan fingerprint density at radius 3 is 3.07 bits per heavy atom. The van der Waals surface area contributed by atoms with Crippen molar-refractivity contribution >= 4 is 5.97 Å². The molecule has 1 heterocycles. The smallest absolute Gasteiger partial charge is 0.329 e. The molecule has 4 heteroatoms. The van der Waals surface area contributed by atoms with Crippen molar-refractivity contribution < 1.29 is 14.3 Å². The van der Waals surface area contributed by atoms with Gasteiger partial charge in [0.15, 0.2) is 0 Å². The Kier molecular flexibility index (Phi) is 2.30. The van der Waals surface area contributed by atoms with Crippen molar-refractivity contribution in [2.75, 3.05) is 7.11 Å². The second-order valence-corrected chi connectivity index (χ2v) is 3.28. The van der Waals surface area contributed by atoms with E-state index in [9.17, 15) is 4.79 Å². The number of nitrogens with zero attached hydrogens (tertiary/aromatic N) is 1. The third-order valence-electron chi connectivity index (χ3n) is 2.34. The van der Waals surface area contributed by atoms with Gasteiger partial charge < -0.3 is 9.47 Å². The summed E-state index contributed by atoms with van der Waals surface area (Å²) in [5.74, 6) is 0.0375. The number of benzene rings is 1. The van der Waals surface area contributed by atoms with E-state index < -0.39 is 11.9 Å². The van der Waals surface area contributed by atoms with Gasteiger partial charge in [-0.05, 0) is 18.2 Å². The van der Waals surface area contributed by atoms with Gasteiger partial charge in [0, 0.05) is 12.0 Å². The summed E-state index contributed by atoms with van der Waals surface area (Å²) >= 11 is 0. The van der Waals surface area contributed by atoms with Crippen molar-refractivity contribution in [2.24, 2.45) is 5.92 Å². The number of hydrogen-bond acceptors (Lipinski definition) is 4. The molecular weight excluding hydrogens is 194 g/mol. The lowest BCUT2D eigenvalue weighted by molar-refractivity contribution is -0.138. The van der Waals surface area contributed by atoms with Crippen LogP contribution in [0.3, 0.4) is 0 Å². The highest BCUT2D eigenvalue weighted by molar-refractivity contribution is 5.80. The molecule has 0 radical (unpaired) electrons. The Balaban J connectivity index is 2.38. The number of nitriles is 1. The van der Waals surface area contributed by atoms with Crippen LogP contribution in [0, 0.1) is 17.2 Å². The highest BCUT2D eigenvalue weighted by Gasteiger charge is 2.28. The van der Waals surface area contributed by atoms with Crippen molar-refractivity contribution in [1.29, 1.82) is 5.26 Å². The third-order valence-corrected chi connectivity index (χ3v) is 2.34. The van der Waals surface area contributed by atoms with Gasteiger partial charge in [-0.25, -0.2) is 0 Å². The summed E-state index contributed by atoms with van der Waals surface area (Å²) in [5, 5.41) is 8.73. The molecule has 0 saturated carbocycles. The molecule has 0 N–H and O–H groups in total. The van der Waals surface area contributed by atoms with Crippen LogP contribution >= 0.6 is 0 Å². The van der Waals surface area contributed by atoms with Gasteiger partial charge in [0.2, 0.25) is 0 Å². The van der Waals surface area contributed by atoms with Gasteiger partial charge in [-0.3, -0.25) is 4.79 Å². The first-order valence-electron chi connectivity index (χ1n) is 4.53. The van der Waals surface area contributed by atoms with E-state index in [2.05, 4.69) is 0 Å². The van der Waals surface area contributed by atoms with Crippen LogP contribution in [0.2, 0.25) is 0 Å². The number of rotatable bonds is 1. The predicted octanol–water partition coefficient (Wildman–Crippen LogP) is 1.30. The van der Waals surface area contributed by atoms with Crippen LogP contribution in [0.15, 0.2) is 18.2 Å². The van der Waals surface area contributed by atoms with Crippen molar-refractivity contribution in [3.8, 4) is 17.6 Å². The van der Waals surface area contributed by atoms with Gasteiger partial charge in [0.25, 0.3) is 0 Å². The zero-order valence-electron chi connectivity index (χ0n) is 8.19. The van der Waals surface area contributed by atoms with Crippen molar-refractivity contribution in [3.05, 3.63) is 23.8 Å². The summed E-state index contributed by atoms with van der Waals surface area (Å²) in [6.07, 6.45) is 0.391. The highest BCUT2D eigenvalue weighted by Crippen LogP contribution is 2.30. The lowest BCUT2D eigenvalue weighted by Crippen LogP contribution is -2.26. The minimum atomic E-state index is -0.704. The molecule has 15 heavy (non-hydrogen) atoms. The molecular formula is C11H9NO3. The molecule has 76 valence electrons. The number of esters is 1. The van der Waals surface area contributed by atoms with E-state index in [0.29, 0.717) is 17.9 Å². The van der Waals surface area contributed by atoms with Gasteiger partial charge in [-0.2, -0.15) is 5.26 Å². The maximum atomic E-state index is 11.3. The molecule has 0 spiro atoms. The van der Waals surface area contributed by atoms with Crippen LogP contribution in [0.5, 0.6) is 11.5 Å². The van der Waals surface area contributed by atoms with E-state index >= 15 is 0 Å². The van der Waals surface area contributed by atoms with Crippen LogP contribution in [-0.2, 0) is 11.2 Å². The molecule has 1 unspecified atom stereocenters. The Hall–Kier alpha value is -2.02. The average Bonchev–Trinajstić information content (AvgIpc) is 2.27. The fourth-order valence-electron chi connectivity index (χ4n) is 1.52. The summed E-state index contributed by atoms with van der Waals surface area (Å²) < 4.78 is 10.1. The molecule has 0 saturated heterocycles. The third kappa shape index (κ3) is 1.64. The fourth-order valence-corrected chi connectivity index (χ4v) is 1.52. The number of hydrogen-bond donors (Lipinski definition) is 0. The van der Waals surface area contributed by atoms with Crippen LogP contribution in [0.25, 0.3) is 0 Å². The van der Waals surface area contributed by atoms with E-state index in [4.69, 9.17) is 14.7 Å². The number of fused-ring (bicyclic) bond motifs is 1. The van der Waals surface area contributed by atoms with Crippen LogP contribution < -0.4 is 9.47 Å². The van der Waals surface area contributed by atoms with E-state index in [0.717, 1.165) is 5.56 Å². The van der Waals surface area contributed by atoms with E-state index in [1.165, 1.54) is 0 Å². The minimum Gasteiger partial charge on any atom is -0.497 e. The topological polar surface area (TPSA) is 59.3 Å². The van der Waals surface area contributed by atoms with Crippen molar-refractivity contribution in [2.45, 2.75) is 6.42 Å². The molecule has 1 aliphatic heterocycles. The van der Waals surface area contributed by atoms with Crippen molar-refractivity contribution in [1.82, 2.24) is 0 Å². The molecule has 1 aliphatic rings. The largest absolute Gasteiger partial charge is 0.497 e. The zero-order chi connectivity index (χ0) is 10.8. The molecule has 0 aromatic heterocycles. The lowest BCUT2D eigenvalue weighted by Gasteiger charge is -2.19. The monoisotopic (exact) mass is 203 g/mol. The Morgan fingerprint density at radius 1 is 1.60 bits per heavy atom. The summed E-state index contributed by atoms with van der Waals surface area (Å²) in [4.78, 5) is 11.3. The molecule has 1 aromatic rings. The average molecular weight is 203 g/mol. The Labute approximate surface area is 87.0 Å². The van der Waals surface area contributed by atoms with Gasteiger partial charge in [0.1, 0.15) is 17.4 Å². The van der Waals surface area contributed by atoms with E-state index in [1.807, 2.05) is 6.07 Å². The van der Waals surface area contributed by atoms with Gasteiger partial charge >= 0.3 is 5.97 Å². The zero-order valence-corrected chi connectivity index (χ0v) is 8.19. The lowest BCUT2D eigenvalue weighted by atomic mass is 9.97. The quantitative estimate of drug-likeness (QED) is 0.509. The molecule has 2 rings (SSSR count). The first-order valence-corrected chi connectivity index (χ1v) is 4.53. The first-order chi connectivity index (χ1) is 7.24. The maximum absolute atomic E-state index is 11.3. The standard InChI is InChI=1S/C11H9NO3/c1-14-9-2-3-10-7(5-9)4-8(6-12)11(13)15-10/h2-3,5,8H,4H2,1H3. The fraction of sp³-hybridized carbons (Fsp3) is 0.273. The maximum Gasteiger partial charge on any atom is 0.329 e. The van der Waals surface area contributed by atoms with E-state index in [1.54, 1.807) is 25.3 Å². The Morgan fingerprint density at radius 2 is 2.40 bits per heavy atom. The Bertz CT molecular complexity index is 448. The number of carbonyl (C=O) groups is 1. The molecule has 1 aromatic carbocycles. The molecule has 0 aliphatic carbocycles. The summed E-state index contributed by atoms with van der Waals surface area (Å²) in [5.41, 5.74) is 0.834. The highest BCUT2D eigenvalue weighted by atomic mass is 16.5. The molecule has 1 atom stereocenters. The minimum absolute atomic E-state index is 0.391. The SMILES string of the molecule is COc1ccc2c(c1)CC(C#N)C(=O)O2. The second-order valence-electron chi connectivity index (χ2n) is 3.28. The van der Waals surface area contributed by atoms with Crippen molar-refractivity contribution in [3.63, 3.8) is 0 Å². The van der Waals surface area contributed by atoms with Gasteiger partial charge in [0.05, 0.1) is 13.2 Å². The molecule has 0 amide bonds. The van der Waals surface area contributed by atoms with Crippen LogP contribution in [0.4, 0.5) is 0 Å². The van der Waals surface area contributed by atoms with Gasteiger partial charge in [-0.15, -0.1) is 0 Å². The first kappa shape index (κ1) is 9.53. The molecule has 4 nitrogen and oxygen atoms in total. The summed E-state index contributed by atoms with van der Waals surface area (Å²) in [7, 11) is 1.57.